The molecule has 7 heteroatoms. The van der Waals surface area contributed by atoms with Crippen LogP contribution in [0.5, 0.6) is 0 Å². The molecular formula is C16H11N5OS. The van der Waals surface area contributed by atoms with E-state index in [1.54, 1.807) is 11.3 Å². The predicted molar refractivity (Wildman–Crippen MR) is 88.5 cm³/mol. The molecule has 0 aliphatic carbocycles. The standard InChI is InChI=1S/C16H11N5OS/c22-15(13-9-17-4-5-18-13)19-12-3-1-2-11(8-12)14-10-21-6-7-23-16(21)20-14/h1-10H,(H,19,22). The molecule has 1 aromatic carbocycles. The number of rotatable bonds is 3. The number of hydrogen-bond donors (Lipinski definition) is 1. The Bertz CT molecular complexity index is 948. The number of thiazole rings is 1. The summed E-state index contributed by atoms with van der Waals surface area (Å²) in [5.41, 5.74) is 2.78. The number of fused-ring (bicyclic) bond motifs is 1. The number of nitrogens with one attached hydrogen (secondary N) is 1. The van der Waals surface area contributed by atoms with E-state index in [4.69, 9.17) is 0 Å². The second-order valence-electron chi connectivity index (χ2n) is 4.84. The fourth-order valence-electron chi connectivity index (χ4n) is 2.23. The minimum atomic E-state index is -0.291. The van der Waals surface area contributed by atoms with Gasteiger partial charge in [0.25, 0.3) is 5.91 Å². The first kappa shape index (κ1) is 13.6. The van der Waals surface area contributed by atoms with Crippen LogP contribution in [0.3, 0.4) is 0 Å². The van der Waals surface area contributed by atoms with Crippen LogP contribution in [0.15, 0.2) is 60.6 Å². The molecule has 4 aromatic rings. The monoisotopic (exact) mass is 321 g/mol. The zero-order valence-electron chi connectivity index (χ0n) is 11.9. The Hall–Kier alpha value is -3.06. The molecule has 0 saturated heterocycles. The highest BCUT2D eigenvalue weighted by molar-refractivity contribution is 7.15. The zero-order chi connectivity index (χ0) is 15.6. The van der Waals surface area contributed by atoms with Gasteiger partial charge >= 0.3 is 0 Å². The maximum absolute atomic E-state index is 12.1. The topological polar surface area (TPSA) is 72.2 Å². The van der Waals surface area contributed by atoms with E-state index in [9.17, 15) is 4.79 Å². The van der Waals surface area contributed by atoms with Crippen LogP contribution in [0.1, 0.15) is 10.5 Å². The summed E-state index contributed by atoms with van der Waals surface area (Å²) in [6.07, 6.45) is 8.39. The van der Waals surface area contributed by atoms with Crippen molar-refractivity contribution in [3.63, 3.8) is 0 Å². The molecule has 0 atom stereocenters. The summed E-state index contributed by atoms with van der Waals surface area (Å²) in [5.74, 6) is -0.291. The first-order chi connectivity index (χ1) is 11.3. The molecule has 0 unspecified atom stereocenters. The average Bonchev–Trinajstić information content (AvgIpc) is 3.17. The van der Waals surface area contributed by atoms with Crippen LogP contribution in [0.25, 0.3) is 16.2 Å². The van der Waals surface area contributed by atoms with Crippen LogP contribution in [0, 0.1) is 0 Å². The fraction of sp³-hybridized carbons (Fsp3) is 0. The molecule has 3 aromatic heterocycles. The first-order valence-electron chi connectivity index (χ1n) is 6.89. The van der Waals surface area contributed by atoms with Crippen molar-refractivity contribution >= 4 is 27.9 Å². The van der Waals surface area contributed by atoms with Crippen LogP contribution in [-0.4, -0.2) is 25.3 Å². The van der Waals surface area contributed by atoms with E-state index in [1.165, 1.54) is 18.6 Å². The van der Waals surface area contributed by atoms with Crippen molar-refractivity contribution in [1.29, 1.82) is 0 Å². The summed E-state index contributed by atoms with van der Waals surface area (Å²) >= 11 is 1.58. The average molecular weight is 321 g/mol. The Kier molecular flexibility index (Phi) is 3.32. The molecule has 0 saturated carbocycles. The van der Waals surface area contributed by atoms with Gasteiger partial charge in [-0.05, 0) is 12.1 Å². The number of anilines is 1. The van der Waals surface area contributed by atoms with E-state index >= 15 is 0 Å². The van der Waals surface area contributed by atoms with Crippen molar-refractivity contribution in [3.05, 3.63) is 66.3 Å². The number of aromatic nitrogens is 4. The third kappa shape index (κ3) is 2.69. The van der Waals surface area contributed by atoms with E-state index in [0.29, 0.717) is 5.69 Å². The molecule has 1 amide bonds. The fourth-order valence-corrected chi connectivity index (χ4v) is 2.93. The van der Waals surface area contributed by atoms with Gasteiger partial charge in [0.05, 0.1) is 11.9 Å². The smallest absolute Gasteiger partial charge is 0.275 e. The molecule has 6 nitrogen and oxygen atoms in total. The van der Waals surface area contributed by atoms with E-state index in [-0.39, 0.29) is 11.6 Å². The highest BCUT2D eigenvalue weighted by Gasteiger charge is 2.09. The molecular weight excluding hydrogens is 310 g/mol. The number of nitrogens with zero attached hydrogens (tertiary/aromatic N) is 4. The Morgan fingerprint density at radius 3 is 3.04 bits per heavy atom. The van der Waals surface area contributed by atoms with Crippen molar-refractivity contribution < 1.29 is 4.79 Å². The van der Waals surface area contributed by atoms with Gasteiger partial charge < -0.3 is 5.32 Å². The Labute approximate surface area is 135 Å². The quantitative estimate of drug-likeness (QED) is 0.629. The molecule has 0 radical (unpaired) electrons. The second-order valence-corrected chi connectivity index (χ2v) is 5.72. The minimum Gasteiger partial charge on any atom is -0.321 e. The number of hydrogen-bond acceptors (Lipinski definition) is 5. The van der Waals surface area contributed by atoms with Gasteiger partial charge in [-0.2, -0.15) is 0 Å². The van der Waals surface area contributed by atoms with Crippen molar-refractivity contribution in [3.8, 4) is 11.3 Å². The predicted octanol–water partition coefficient (Wildman–Crippen LogP) is 3.11. The molecule has 1 N–H and O–H groups in total. The van der Waals surface area contributed by atoms with Gasteiger partial charge in [0.15, 0.2) is 4.96 Å². The number of benzene rings is 1. The van der Waals surface area contributed by atoms with Gasteiger partial charge in [-0.15, -0.1) is 11.3 Å². The molecule has 4 rings (SSSR count). The first-order valence-corrected chi connectivity index (χ1v) is 7.77. The maximum Gasteiger partial charge on any atom is 0.275 e. The summed E-state index contributed by atoms with van der Waals surface area (Å²) in [7, 11) is 0. The summed E-state index contributed by atoms with van der Waals surface area (Å²) in [6, 6.07) is 7.57. The lowest BCUT2D eigenvalue weighted by molar-refractivity contribution is 0.102. The largest absolute Gasteiger partial charge is 0.321 e. The molecule has 112 valence electrons. The van der Waals surface area contributed by atoms with Crippen LogP contribution < -0.4 is 5.32 Å². The maximum atomic E-state index is 12.1. The van der Waals surface area contributed by atoms with Gasteiger partial charge in [-0.25, -0.2) is 9.97 Å². The van der Waals surface area contributed by atoms with E-state index < -0.39 is 0 Å². The third-order valence-electron chi connectivity index (χ3n) is 3.31. The lowest BCUT2D eigenvalue weighted by atomic mass is 10.1. The highest BCUT2D eigenvalue weighted by Crippen LogP contribution is 2.24. The van der Waals surface area contributed by atoms with Crippen molar-refractivity contribution in [2.45, 2.75) is 0 Å². The summed E-state index contributed by atoms with van der Waals surface area (Å²) in [6.45, 7) is 0. The van der Waals surface area contributed by atoms with Gasteiger partial charge in [0, 0.05) is 41.4 Å². The van der Waals surface area contributed by atoms with Crippen LogP contribution in [-0.2, 0) is 0 Å². The van der Waals surface area contributed by atoms with Gasteiger partial charge in [0.1, 0.15) is 5.69 Å². The molecule has 23 heavy (non-hydrogen) atoms. The SMILES string of the molecule is O=C(Nc1cccc(-c2cn3ccsc3n2)c1)c1cnccn1. The van der Waals surface area contributed by atoms with Crippen LogP contribution in [0.4, 0.5) is 5.69 Å². The molecule has 0 fully saturated rings. The number of carbonyl (C=O) groups is 1. The third-order valence-corrected chi connectivity index (χ3v) is 4.08. The lowest BCUT2D eigenvalue weighted by Gasteiger charge is -2.05. The zero-order valence-corrected chi connectivity index (χ0v) is 12.7. The van der Waals surface area contributed by atoms with E-state index in [2.05, 4.69) is 20.3 Å². The number of amides is 1. The minimum absolute atomic E-state index is 0.278. The van der Waals surface area contributed by atoms with Crippen molar-refractivity contribution in [2.24, 2.45) is 0 Å². The Morgan fingerprint density at radius 2 is 2.22 bits per heavy atom. The normalized spacial score (nSPS) is 10.8. The van der Waals surface area contributed by atoms with Gasteiger partial charge in [-0.1, -0.05) is 12.1 Å². The number of imidazole rings is 1. The van der Waals surface area contributed by atoms with E-state index in [1.807, 2.05) is 46.4 Å². The Morgan fingerprint density at radius 1 is 1.26 bits per heavy atom. The summed E-state index contributed by atoms with van der Waals surface area (Å²) in [5, 5.41) is 4.81. The summed E-state index contributed by atoms with van der Waals surface area (Å²) in [4.78, 5) is 25.5. The van der Waals surface area contributed by atoms with E-state index in [0.717, 1.165) is 16.2 Å². The second kappa shape index (κ2) is 5.62. The summed E-state index contributed by atoms with van der Waals surface area (Å²) < 4.78 is 1.98. The van der Waals surface area contributed by atoms with Gasteiger partial charge in [0.2, 0.25) is 0 Å². The molecule has 0 aliphatic heterocycles. The van der Waals surface area contributed by atoms with Crippen LogP contribution in [0.2, 0.25) is 0 Å². The molecule has 0 spiro atoms. The molecule has 3 heterocycles. The molecule has 0 aliphatic rings. The highest BCUT2D eigenvalue weighted by atomic mass is 32.1. The lowest BCUT2D eigenvalue weighted by Crippen LogP contribution is -2.13. The van der Waals surface area contributed by atoms with Gasteiger partial charge in [-0.3, -0.25) is 14.2 Å². The Balaban J connectivity index is 1.61. The number of carbonyl (C=O) groups excluding carboxylic acids is 1. The van der Waals surface area contributed by atoms with Crippen molar-refractivity contribution in [2.75, 3.05) is 5.32 Å². The van der Waals surface area contributed by atoms with Crippen molar-refractivity contribution in [1.82, 2.24) is 19.4 Å². The molecule has 0 bridgehead atoms. The van der Waals surface area contributed by atoms with Crippen LogP contribution >= 0.6 is 11.3 Å².